The van der Waals surface area contributed by atoms with Gasteiger partial charge in [-0.1, -0.05) is 12.1 Å². The monoisotopic (exact) mass is 574 g/mol. The number of aromatic hydroxyl groups is 4. The van der Waals surface area contributed by atoms with Crippen molar-refractivity contribution in [2.45, 2.75) is 12.3 Å². The Labute approximate surface area is 236 Å². The van der Waals surface area contributed by atoms with Crippen LogP contribution in [0.15, 0.2) is 66.7 Å². The molecule has 4 aromatic rings. The normalized spacial score (nSPS) is 10.9. The molecule has 0 aliphatic rings. The second kappa shape index (κ2) is 11.2. The maximum absolute atomic E-state index is 12.2. The third-order valence-electron chi connectivity index (χ3n) is 6.63. The molecule has 0 aromatic heterocycles. The molecule has 0 aliphatic heterocycles. The Balaban J connectivity index is 2.03. The molecular weight excluding hydrogens is 552 g/mol. The van der Waals surface area contributed by atoms with Crippen molar-refractivity contribution in [2.75, 3.05) is 0 Å². The van der Waals surface area contributed by atoms with Crippen molar-refractivity contribution in [3.05, 3.63) is 117 Å². The minimum absolute atomic E-state index is 0.00751. The first-order valence-corrected chi connectivity index (χ1v) is 12.0. The van der Waals surface area contributed by atoms with Crippen LogP contribution in [0.25, 0.3) is 0 Å². The summed E-state index contributed by atoms with van der Waals surface area (Å²) in [5.41, 5.74) is -1.63. The van der Waals surface area contributed by atoms with Crippen LogP contribution in [0, 0.1) is 0 Å². The maximum Gasteiger partial charge on any atom is 0.339 e. The Morgan fingerprint density at radius 1 is 0.548 bits per heavy atom. The number of carboxylic acid groups (broad SMARTS) is 4. The summed E-state index contributed by atoms with van der Waals surface area (Å²) >= 11 is 0. The van der Waals surface area contributed by atoms with E-state index in [1.54, 1.807) is 0 Å². The second-order valence-corrected chi connectivity index (χ2v) is 9.31. The van der Waals surface area contributed by atoms with E-state index in [0.29, 0.717) is 0 Å². The number of rotatable bonds is 9. The number of phenols is 4. The molecule has 8 N–H and O–H groups in total. The molecule has 0 spiro atoms. The van der Waals surface area contributed by atoms with Crippen LogP contribution >= 0.6 is 0 Å². The van der Waals surface area contributed by atoms with E-state index in [0.717, 1.165) is 54.6 Å². The van der Waals surface area contributed by atoms with E-state index < -0.39 is 63.9 Å². The second-order valence-electron chi connectivity index (χ2n) is 9.31. The molecule has 214 valence electrons. The molecule has 0 aliphatic carbocycles. The average Bonchev–Trinajstić information content (AvgIpc) is 2.92. The molecule has 12 heteroatoms. The largest absolute Gasteiger partial charge is 0.508 e. The number of phenolic OH excluding ortho intramolecular Hbond substituents is 2. The first kappa shape index (κ1) is 29.0. The zero-order valence-electron chi connectivity index (χ0n) is 21.3. The average molecular weight is 574 g/mol. The summed E-state index contributed by atoms with van der Waals surface area (Å²) in [6, 6.07) is 12.5. The topological polar surface area (TPSA) is 230 Å². The van der Waals surface area contributed by atoms with Gasteiger partial charge in [-0.2, -0.15) is 0 Å². The Kier molecular flexibility index (Phi) is 7.73. The van der Waals surface area contributed by atoms with Gasteiger partial charge in [-0.25, -0.2) is 19.2 Å². The molecule has 0 unspecified atom stereocenters. The fourth-order valence-electron chi connectivity index (χ4n) is 4.63. The Bertz CT molecular complexity index is 1710. The van der Waals surface area contributed by atoms with Crippen LogP contribution in [-0.4, -0.2) is 64.7 Å². The molecule has 0 fully saturated rings. The van der Waals surface area contributed by atoms with Crippen LogP contribution < -0.4 is 0 Å². The van der Waals surface area contributed by atoms with Gasteiger partial charge >= 0.3 is 23.9 Å². The first-order valence-electron chi connectivity index (χ1n) is 12.0. The van der Waals surface area contributed by atoms with Gasteiger partial charge in [0.25, 0.3) is 0 Å². The van der Waals surface area contributed by atoms with Crippen molar-refractivity contribution in [1.29, 1.82) is 0 Å². The van der Waals surface area contributed by atoms with Crippen molar-refractivity contribution in [3.63, 3.8) is 0 Å². The lowest BCUT2D eigenvalue weighted by Gasteiger charge is -2.23. The number of aromatic carboxylic acids is 4. The molecule has 0 saturated carbocycles. The van der Waals surface area contributed by atoms with Gasteiger partial charge in [0.15, 0.2) is 0 Å². The number of carbonyl (C=O) groups is 4. The number of benzene rings is 4. The van der Waals surface area contributed by atoms with Gasteiger partial charge in [0.1, 0.15) is 34.1 Å². The van der Waals surface area contributed by atoms with E-state index in [1.165, 1.54) is 12.1 Å². The summed E-state index contributed by atoms with van der Waals surface area (Å²) < 4.78 is 0. The molecule has 42 heavy (non-hydrogen) atoms. The molecule has 0 radical (unpaired) electrons. The Morgan fingerprint density at radius 2 is 1.05 bits per heavy atom. The first-order chi connectivity index (χ1) is 19.8. The van der Waals surface area contributed by atoms with E-state index in [4.69, 9.17) is 0 Å². The number of hydrogen-bond donors (Lipinski definition) is 8. The summed E-state index contributed by atoms with van der Waals surface area (Å²) in [4.78, 5) is 47.1. The van der Waals surface area contributed by atoms with Crippen LogP contribution in [0.4, 0.5) is 0 Å². The Hall–Kier alpha value is -6.04. The van der Waals surface area contributed by atoms with Crippen molar-refractivity contribution in [2.24, 2.45) is 0 Å². The highest BCUT2D eigenvalue weighted by molar-refractivity contribution is 5.93. The predicted molar refractivity (Wildman–Crippen MR) is 144 cm³/mol. The molecule has 0 atom stereocenters. The molecule has 0 amide bonds. The number of hydrogen-bond acceptors (Lipinski definition) is 8. The minimum Gasteiger partial charge on any atom is -0.508 e. The molecule has 12 nitrogen and oxygen atoms in total. The van der Waals surface area contributed by atoms with E-state index in [2.05, 4.69) is 0 Å². The fraction of sp³-hybridized carbons (Fsp3) is 0.0667. The molecule has 4 aromatic carbocycles. The van der Waals surface area contributed by atoms with Gasteiger partial charge in [0.2, 0.25) is 0 Å². The molecule has 0 heterocycles. The van der Waals surface area contributed by atoms with Crippen molar-refractivity contribution < 1.29 is 60.0 Å². The third kappa shape index (κ3) is 5.63. The Morgan fingerprint density at radius 3 is 1.52 bits per heavy atom. The van der Waals surface area contributed by atoms with Crippen LogP contribution in [0.3, 0.4) is 0 Å². The highest BCUT2D eigenvalue weighted by Gasteiger charge is 2.28. The van der Waals surface area contributed by atoms with Gasteiger partial charge in [0, 0.05) is 23.5 Å². The lowest BCUT2D eigenvalue weighted by molar-refractivity contribution is 0.0682. The SMILES string of the molecule is O=C(O)c1ccc(O)c(C(c2cc(Cc3ccc(O)c(C(=O)O)c3)c(O)c(C(=O)O)c2)c2cc(C(=O)O)ccc2O)c1. The smallest absolute Gasteiger partial charge is 0.339 e. The predicted octanol–water partition coefficient (Wildman–Crippen LogP) is 4.07. The van der Waals surface area contributed by atoms with E-state index >= 15 is 0 Å². The van der Waals surface area contributed by atoms with Crippen molar-refractivity contribution in [3.8, 4) is 23.0 Å². The van der Waals surface area contributed by atoms with Gasteiger partial charge in [0.05, 0.1) is 11.1 Å². The van der Waals surface area contributed by atoms with Crippen LogP contribution in [0.5, 0.6) is 23.0 Å². The third-order valence-corrected chi connectivity index (χ3v) is 6.63. The fourth-order valence-corrected chi connectivity index (χ4v) is 4.63. The van der Waals surface area contributed by atoms with E-state index in [9.17, 15) is 60.0 Å². The zero-order valence-corrected chi connectivity index (χ0v) is 21.3. The highest BCUT2D eigenvalue weighted by Crippen LogP contribution is 2.43. The van der Waals surface area contributed by atoms with Crippen LogP contribution in [0.1, 0.15) is 75.2 Å². The van der Waals surface area contributed by atoms with Gasteiger partial charge in [-0.3, -0.25) is 0 Å². The van der Waals surface area contributed by atoms with Crippen molar-refractivity contribution in [1.82, 2.24) is 0 Å². The summed E-state index contributed by atoms with van der Waals surface area (Å²) in [7, 11) is 0. The number of carboxylic acids is 4. The lowest BCUT2D eigenvalue weighted by atomic mass is 9.81. The van der Waals surface area contributed by atoms with Crippen LogP contribution in [-0.2, 0) is 6.42 Å². The highest BCUT2D eigenvalue weighted by atomic mass is 16.4. The quantitative estimate of drug-likeness (QED) is 0.132. The van der Waals surface area contributed by atoms with Gasteiger partial charge in [-0.15, -0.1) is 0 Å². The molecule has 0 saturated heterocycles. The lowest BCUT2D eigenvalue weighted by Crippen LogP contribution is -2.11. The summed E-state index contributed by atoms with van der Waals surface area (Å²) in [5.74, 6) is -9.19. The minimum atomic E-state index is -1.57. The molecular formula is C30H22O12. The van der Waals surface area contributed by atoms with Crippen molar-refractivity contribution >= 4 is 23.9 Å². The summed E-state index contributed by atoms with van der Waals surface area (Å²) in [5, 5.41) is 80.6. The molecule has 0 bridgehead atoms. The molecule has 4 rings (SSSR count). The van der Waals surface area contributed by atoms with Crippen LogP contribution in [0.2, 0.25) is 0 Å². The summed E-state index contributed by atoms with van der Waals surface area (Å²) in [6.07, 6.45) is -0.241. The van der Waals surface area contributed by atoms with Gasteiger partial charge < -0.3 is 40.9 Å². The van der Waals surface area contributed by atoms with E-state index in [1.807, 2.05) is 0 Å². The summed E-state index contributed by atoms with van der Waals surface area (Å²) in [6.45, 7) is 0. The van der Waals surface area contributed by atoms with E-state index in [-0.39, 0.29) is 45.4 Å². The van der Waals surface area contributed by atoms with Gasteiger partial charge in [-0.05, 0) is 71.3 Å². The zero-order chi connectivity index (χ0) is 30.9. The maximum atomic E-state index is 12.2. The standard InChI is InChI=1S/C30H22O12/c31-22-5-2-14(27(35)36)10-18(22)25(19-11-15(28(37)38)3-6-23(19)32)16-9-17(26(34)21(12-16)30(41)42)7-13-1-4-24(33)20(8-13)29(39)40/h1-6,8-12,25,31-34H,7H2,(H,35,36)(H,37,38)(H,39,40)(H,41,42).